The molecule has 7 heteroatoms. The molecule has 0 saturated carbocycles. The van der Waals surface area contributed by atoms with E-state index in [1.165, 1.54) is 12.1 Å². The topological polar surface area (TPSA) is 33.6 Å². The normalized spacial score (nSPS) is 11.8. The Hall–Kier alpha value is -3.51. The number of nitrogens with zero attached hydrogens (tertiary/aromatic N) is 1. The highest BCUT2D eigenvalue weighted by Crippen LogP contribution is 2.30. The molecule has 0 amide bonds. The van der Waals surface area contributed by atoms with E-state index in [1.54, 1.807) is 18.3 Å². The number of nitrogens with one attached hydrogen (secondary N) is 1. The van der Waals surface area contributed by atoms with Gasteiger partial charge in [-0.25, -0.2) is 0 Å². The highest BCUT2D eigenvalue weighted by molar-refractivity contribution is 6.30. The van der Waals surface area contributed by atoms with Gasteiger partial charge in [0.2, 0.25) is 0 Å². The smallest absolute Gasteiger partial charge is 0.416 e. The van der Waals surface area contributed by atoms with Crippen LogP contribution in [-0.2, 0) is 12.8 Å². The summed E-state index contributed by atoms with van der Waals surface area (Å²) in [6.07, 6.45) is -2.77. The summed E-state index contributed by atoms with van der Waals surface area (Å²) in [6, 6.07) is 23.7. The number of halogens is 4. The van der Waals surface area contributed by atoms with Crippen LogP contribution in [0.4, 0.5) is 18.9 Å². The molecular weight excluding hydrogens is 437 g/mol. The van der Waals surface area contributed by atoms with Crippen molar-refractivity contribution in [3.63, 3.8) is 0 Å². The van der Waals surface area contributed by atoms with E-state index >= 15 is 0 Å². The van der Waals surface area contributed by atoms with E-state index in [0.717, 1.165) is 34.0 Å². The van der Waals surface area contributed by atoms with Crippen molar-refractivity contribution in [2.24, 2.45) is 5.10 Å². The Kier molecular flexibility index (Phi) is 6.32. The minimum atomic E-state index is -4.37. The van der Waals surface area contributed by atoms with Gasteiger partial charge in [0.15, 0.2) is 0 Å². The molecule has 0 aliphatic heterocycles. The van der Waals surface area contributed by atoms with Crippen LogP contribution in [0.25, 0.3) is 10.8 Å². The van der Waals surface area contributed by atoms with Crippen molar-refractivity contribution in [1.82, 2.24) is 0 Å². The molecule has 4 aromatic rings. The number of hydrogen-bond donors (Lipinski definition) is 1. The predicted octanol–water partition coefficient (Wildman–Crippen LogP) is 7.54. The lowest BCUT2D eigenvalue weighted by atomic mass is 10.0. The van der Waals surface area contributed by atoms with Gasteiger partial charge in [-0.3, -0.25) is 5.43 Å². The minimum absolute atomic E-state index is 0.350. The third-order valence-electron chi connectivity index (χ3n) is 4.84. The maximum atomic E-state index is 12.7. The van der Waals surface area contributed by atoms with E-state index < -0.39 is 11.7 Å². The van der Waals surface area contributed by atoms with Crippen molar-refractivity contribution in [3.05, 3.63) is 107 Å². The van der Waals surface area contributed by atoms with Crippen LogP contribution >= 0.6 is 11.6 Å². The average molecular weight is 455 g/mol. The molecule has 1 N–H and O–H groups in total. The maximum absolute atomic E-state index is 12.7. The van der Waals surface area contributed by atoms with Crippen LogP contribution < -0.4 is 10.2 Å². The van der Waals surface area contributed by atoms with Crippen molar-refractivity contribution >= 4 is 34.3 Å². The van der Waals surface area contributed by atoms with E-state index in [2.05, 4.69) is 10.5 Å². The molecular formula is C25H18ClF3N2O. The summed E-state index contributed by atoms with van der Waals surface area (Å²) in [5, 5.41) is 6.84. The Morgan fingerprint density at radius 3 is 2.31 bits per heavy atom. The van der Waals surface area contributed by atoms with Crippen molar-refractivity contribution < 1.29 is 17.9 Å². The first-order chi connectivity index (χ1) is 15.4. The minimum Gasteiger partial charge on any atom is -0.488 e. The fraction of sp³-hybridized carbons (Fsp3) is 0.0800. The summed E-state index contributed by atoms with van der Waals surface area (Å²) in [7, 11) is 0. The van der Waals surface area contributed by atoms with Gasteiger partial charge < -0.3 is 4.74 Å². The Labute approximate surface area is 188 Å². The average Bonchev–Trinajstić information content (AvgIpc) is 2.79. The number of ether oxygens (including phenoxy) is 1. The highest BCUT2D eigenvalue weighted by Gasteiger charge is 2.29. The van der Waals surface area contributed by atoms with Gasteiger partial charge in [-0.1, -0.05) is 54.1 Å². The SMILES string of the molecule is FC(F)(F)c1ccc(N/N=C/c2c(OCc3ccc(Cl)cc3)ccc3ccccc23)cc1. The molecule has 32 heavy (non-hydrogen) atoms. The van der Waals surface area contributed by atoms with Crippen LogP contribution in [0.1, 0.15) is 16.7 Å². The molecule has 0 bridgehead atoms. The highest BCUT2D eigenvalue weighted by atomic mass is 35.5. The van der Waals surface area contributed by atoms with Crippen LogP contribution in [0.5, 0.6) is 5.75 Å². The summed E-state index contributed by atoms with van der Waals surface area (Å²) in [6.45, 7) is 0.350. The molecule has 4 rings (SSSR count). The lowest BCUT2D eigenvalue weighted by Crippen LogP contribution is -2.04. The molecule has 3 nitrogen and oxygen atoms in total. The monoisotopic (exact) mass is 454 g/mol. The number of rotatable bonds is 6. The summed E-state index contributed by atoms with van der Waals surface area (Å²) in [4.78, 5) is 0. The lowest BCUT2D eigenvalue weighted by Gasteiger charge is -2.12. The first kappa shape index (κ1) is 21.7. The largest absolute Gasteiger partial charge is 0.488 e. The van der Waals surface area contributed by atoms with Gasteiger partial charge >= 0.3 is 6.18 Å². The van der Waals surface area contributed by atoms with Gasteiger partial charge in [-0.2, -0.15) is 18.3 Å². The standard InChI is InChI=1S/C25H18ClF3N2O/c26-20-10-5-17(6-11-20)16-32-24-14-7-18-3-1-2-4-22(18)23(24)15-30-31-21-12-8-19(9-13-21)25(27,28)29/h1-15,31H,16H2/b30-15+. The number of anilines is 1. The third-order valence-corrected chi connectivity index (χ3v) is 5.09. The zero-order valence-electron chi connectivity index (χ0n) is 16.7. The molecule has 0 fully saturated rings. The molecule has 0 unspecified atom stereocenters. The molecule has 162 valence electrons. The fourth-order valence-electron chi connectivity index (χ4n) is 3.18. The van der Waals surface area contributed by atoms with Gasteiger partial charge in [0.25, 0.3) is 0 Å². The van der Waals surface area contributed by atoms with E-state index in [9.17, 15) is 13.2 Å². The van der Waals surface area contributed by atoms with E-state index in [-0.39, 0.29) is 0 Å². The summed E-state index contributed by atoms with van der Waals surface area (Å²) in [5.74, 6) is 0.636. The number of alkyl halides is 3. The molecule has 4 aromatic carbocycles. The summed E-state index contributed by atoms with van der Waals surface area (Å²) < 4.78 is 44.2. The van der Waals surface area contributed by atoms with Crippen molar-refractivity contribution in [1.29, 1.82) is 0 Å². The Balaban J connectivity index is 1.56. The van der Waals surface area contributed by atoms with Crippen molar-refractivity contribution in [3.8, 4) is 5.75 Å². The number of hydrogen-bond acceptors (Lipinski definition) is 3. The van der Waals surface area contributed by atoms with E-state index in [1.807, 2.05) is 48.5 Å². The van der Waals surface area contributed by atoms with Gasteiger partial charge in [-0.15, -0.1) is 0 Å². The van der Waals surface area contributed by atoms with Crippen LogP contribution in [0.15, 0.2) is 90.0 Å². The van der Waals surface area contributed by atoms with Crippen LogP contribution in [-0.4, -0.2) is 6.21 Å². The first-order valence-electron chi connectivity index (χ1n) is 9.75. The quantitative estimate of drug-likeness (QED) is 0.241. The zero-order chi connectivity index (χ0) is 22.6. The van der Waals surface area contributed by atoms with E-state index in [4.69, 9.17) is 16.3 Å². The van der Waals surface area contributed by atoms with Crippen LogP contribution in [0.3, 0.4) is 0 Å². The van der Waals surface area contributed by atoms with Gasteiger partial charge in [0.05, 0.1) is 17.5 Å². The molecule has 0 atom stereocenters. The number of hydrazone groups is 1. The molecule has 0 aliphatic rings. The number of fused-ring (bicyclic) bond motifs is 1. The summed E-state index contributed by atoms with van der Waals surface area (Å²) in [5.41, 5.74) is 4.24. The van der Waals surface area contributed by atoms with Crippen LogP contribution in [0.2, 0.25) is 5.02 Å². The molecule has 0 aromatic heterocycles. The third kappa shape index (κ3) is 5.21. The second-order valence-electron chi connectivity index (χ2n) is 7.06. The molecule has 0 heterocycles. The second-order valence-corrected chi connectivity index (χ2v) is 7.50. The lowest BCUT2D eigenvalue weighted by molar-refractivity contribution is -0.137. The van der Waals surface area contributed by atoms with Crippen molar-refractivity contribution in [2.45, 2.75) is 12.8 Å². The summed E-state index contributed by atoms with van der Waals surface area (Å²) >= 11 is 5.94. The Morgan fingerprint density at radius 2 is 1.59 bits per heavy atom. The zero-order valence-corrected chi connectivity index (χ0v) is 17.5. The molecule has 0 radical (unpaired) electrons. The van der Waals surface area contributed by atoms with Crippen molar-refractivity contribution in [2.75, 3.05) is 5.43 Å². The second kappa shape index (κ2) is 9.32. The van der Waals surface area contributed by atoms with E-state index in [0.29, 0.717) is 23.1 Å². The van der Waals surface area contributed by atoms with Gasteiger partial charge in [0.1, 0.15) is 12.4 Å². The molecule has 0 spiro atoms. The maximum Gasteiger partial charge on any atom is 0.416 e. The fourth-order valence-corrected chi connectivity index (χ4v) is 3.31. The molecule has 0 saturated heterocycles. The predicted molar refractivity (Wildman–Crippen MR) is 122 cm³/mol. The Morgan fingerprint density at radius 1 is 0.875 bits per heavy atom. The van der Waals surface area contributed by atoms with Gasteiger partial charge in [0, 0.05) is 10.6 Å². The number of benzene rings is 4. The Bertz CT molecular complexity index is 1240. The first-order valence-corrected chi connectivity index (χ1v) is 10.1. The molecule has 0 aliphatic carbocycles. The van der Waals surface area contributed by atoms with Gasteiger partial charge in [-0.05, 0) is 58.8 Å². The van der Waals surface area contributed by atoms with Crippen LogP contribution in [0, 0.1) is 0 Å².